The number of hydrogen-bond acceptors (Lipinski definition) is 6. The molecule has 0 saturated carbocycles. The molecule has 1 fully saturated rings. The van der Waals surface area contributed by atoms with Crippen LogP contribution >= 0.6 is 24.0 Å². The number of nitrogens with zero attached hydrogens (tertiary/aromatic N) is 3. The number of hydrogen-bond donors (Lipinski definition) is 1. The summed E-state index contributed by atoms with van der Waals surface area (Å²) >= 11 is 6.84. The minimum absolute atomic E-state index is 0.0538. The van der Waals surface area contributed by atoms with Crippen molar-refractivity contribution in [2.45, 2.75) is 72.9 Å². The molecule has 38 heavy (non-hydrogen) atoms. The van der Waals surface area contributed by atoms with Crippen molar-refractivity contribution in [3.63, 3.8) is 0 Å². The Hall–Kier alpha value is -2.96. The number of unbranched alkanes of at least 4 members (excludes halogenated alkanes) is 1. The van der Waals surface area contributed by atoms with Crippen molar-refractivity contribution in [2.24, 2.45) is 5.92 Å². The summed E-state index contributed by atoms with van der Waals surface area (Å²) in [5.74, 6) is 0.430. The van der Waals surface area contributed by atoms with Gasteiger partial charge in [0.2, 0.25) is 0 Å². The molecule has 2 heterocycles. The first-order valence-electron chi connectivity index (χ1n) is 13.2. The molecule has 202 valence electrons. The number of carbonyl (C=O) groups excluding carboxylic acids is 1. The van der Waals surface area contributed by atoms with Crippen LogP contribution in [0.15, 0.2) is 34.0 Å². The van der Waals surface area contributed by atoms with Gasteiger partial charge in [-0.05, 0) is 55.0 Å². The van der Waals surface area contributed by atoms with Crippen LogP contribution in [-0.2, 0) is 17.9 Å². The average Bonchev–Trinajstić information content (AvgIpc) is 3.17. The molecule has 1 saturated heterocycles. The Labute approximate surface area is 233 Å². The maximum Gasteiger partial charge on any atom is 0.270 e. The first-order chi connectivity index (χ1) is 18.2. The summed E-state index contributed by atoms with van der Waals surface area (Å²) in [5, 5.41) is 13.1. The molecule has 3 rings (SSSR count). The Morgan fingerprint density at radius 3 is 2.50 bits per heavy atom. The lowest BCUT2D eigenvalue weighted by molar-refractivity contribution is -0.122. The van der Waals surface area contributed by atoms with Crippen molar-refractivity contribution in [3.8, 4) is 6.07 Å². The van der Waals surface area contributed by atoms with Gasteiger partial charge in [0.1, 0.15) is 27.6 Å². The largest absolute Gasteiger partial charge is 0.367 e. The van der Waals surface area contributed by atoms with Gasteiger partial charge in [0, 0.05) is 25.2 Å². The van der Waals surface area contributed by atoms with Crippen molar-refractivity contribution in [3.05, 3.63) is 67.6 Å². The highest BCUT2D eigenvalue weighted by Crippen LogP contribution is 2.36. The van der Waals surface area contributed by atoms with Gasteiger partial charge >= 0.3 is 0 Å². The zero-order chi connectivity index (χ0) is 27.8. The number of pyridine rings is 1. The quantitative estimate of drug-likeness (QED) is 0.235. The molecular formula is C29H35FN4O2S2. The number of aromatic nitrogens is 1. The summed E-state index contributed by atoms with van der Waals surface area (Å²) in [6.45, 7) is 9.30. The number of thiocarbonyl (C=S) groups is 1. The molecule has 6 nitrogen and oxygen atoms in total. The van der Waals surface area contributed by atoms with E-state index in [4.69, 9.17) is 12.2 Å². The number of thioether (sulfide) groups is 1. The van der Waals surface area contributed by atoms with Gasteiger partial charge in [0.25, 0.3) is 11.5 Å². The van der Waals surface area contributed by atoms with Gasteiger partial charge in [0.15, 0.2) is 0 Å². The van der Waals surface area contributed by atoms with Gasteiger partial charge in [-0.15, -0.1) is 0 Å². The van der Waals surface area contributed by atoms with Crippen molar-refractivity contribution < 1.29 is 9.18 Å². The summed E-state index contributed by atoms with van der Waals surface area (Å²) in [5.41, 5.74) is 1.62. The van der Waals surface area contributed by atoms with E-state index in [2.05, 4.69) is 25.2 Å². The highest BCUT2D eigenvalue weighted by molar-refractivity contribution is 8.26. The van der Waals surface area contributed by atoms with E-state index in [1.54, 1.807) is 34.6 Å². The second-order valence-electron chi connectivity index (χ2n) is 9.52. The van der Waals surface area contributed by atoms with Crippen LogP contribution in [0.5, 0.6) is 0 Å². The molecule has 0 radical (unpaired) electrons. The monoisotopic (exact) mass is 554 g/mol. The fourth-order valence-corrected chi connectivity index (χ4v) is 5.80. The summed E-state index contributed by atoms with van der Waals surface area (Å²) in [4.78, 5) is 28.8. The standard InChI is InChI=1S/C29H35FN4O2S2/c1-5-8-9-20(7-3)18-34-28(36)25(38-29(34)37)15-23-19(4)24(16-31)27(35)33(14-6-2)26(23)32-17-21-10-12-22(30)13-11-21/h10-13,15,20,32H,5-9,14,17-18H2,1-4H3/b25-15+. The van der Waals surface area contributed by atoms with E-state index >= 15 is 0 Å². The number of carbonyl (C=O) groups is 1. The van der Waals surface area contributed by atoms with E-state index in [0.717, 1.165) is 31.2 Å². The molecule has 0 bridgehead atoms. The van der Waals surface area contributed by atoms with Gasteiger partial charge in [-0.25, -0.2) is 4.39 Å². The van der Waals surface area contributed by atoms with Crippen molar-refractivity contribution in [1.82, 2.24) is 9.47 Å². The first kappa shape index (κ1) is 29.6. The third-order valence-electron chi connectivity index (χ3n) is 6.83. The number of rotatable bonds is 12. The molecular weight excluding hydrogens is 519 g/mol. The van der Waals surface area contributed by atoms with Gasteiger partial charge in [-0.1, -0.05) is 76.1 Å². The Balaban J connectivity index is 2.05. The molecule has 1 aromatic heterocycles. The molecule has 1 aromatic carbocycles. The van der Waals surface area contributed by atoms with Crippen molar-refractivity contribution in [1.29, 1.82) is 5.26 Å². The van der Waals surface area contributed by atoms with E-state index in [1.165, 1.54) is 23.9 Å². The molecule has 9 heteroatoms. The Morgan fingerprint density at radius 1 is 1.18 bits per heavy atom. The number of nitrogens with one attached hydrogen (secondary N) is 1. The minimum Gasteiger partial charge on any atom is -0.367 e. The van der Waals surface area contributed by atoms with Crippen molar-refractivity contribution >= 4 is 46.1 Å². The normalized spacial score (nSPS) is 15.3. The van der Waals surface area contributed by atoms with Gasteiger partial charge in [-0.3, -0.25) is 19.1 Å². The summed E-state index contributed by atoms with van der Waals surface area (Å²) in [7, 11) is 0. The van der Waals surface area contributed by atoms with E-state index < -0.39 is 0 Å². The molecule has 1 aliphatic rings. The molecule has 1 unspecified atom stereocenters. The van der Waals surface area contributed by atoms with Crippen LogP contribution in [0, 0.1) is 30.0 Å². The average molecular weight is 555 g/mol. The van der Waals surface area contributed by atoms with Crippen LogP contribution < -0.4 is 10.9 Å². The molecule has 1 atom stereocenters. The number of nitriles is 1. The fourth-order valence-electron chi connectivity index (χ4n) is 4.54. The van der Waals surface area contributed by atoms with Gasteiger partial charge in [0.05, 0.1) is 4.91 Å². The number of anilines is 1. The molecule has 0 spiro atoms. The molecule has 1 amide bonds. The smallest absolute Gasteiger partial charge is 0.270 e. The maximum absolute atomic E-state index is 13.5. The third-order valence-corrected chi connectivity index (χ3v) is 8.21. The minimum atomic E-state index is -0.375. The van der Waals surface area contributed by atoms with E-state index in [0.29, 0.717) is 58.1 Å². The SMILES string of the molecule is CCCCC(CC)CN1C(=O)/C(=C\c2c(C)c(C#N)c(=O)n(CCC)c2NCc2ccc(F)cc2)SC1=S. The predicted molar refractivity (Wildman–Crippen MR) is 157 cm³/mol. The van der Waals surface area contributed by atoms with E-state index in [-0.39, 0.29) is 22.8 Å². The predicted octanol–water partition coefficient (Wildman–Crippen LogP) is 6.61. The third kappa shape index (κ3) is 6.72. The maximum atomic E-state index is 13.5. The zero-order valence-corrected chi connectivity index (χ0v) is 24.1. The van der Waals surface area contributed by atoms with Crippen LogP contribution in [0.25, 0.3) is 6.08 Å². The highest BCUT2D eigenvalue weighted by Gasteiger charge is 2.34. The first-order valence-corrected chi connectivity index (χ1v) is 14.4. The summed E-state index contributed by atoms with van der Waals surface area (Å²) in [6.07, 6.45) is 6.67. The summed E-state index contributed by atoms with van der Waals surface area (Å²) < 4.78 is 15.5. The van der Waals surface area contributed by atoms with E-state index in [9.17, 15) is 19.2 Å². The molecule has 1 aliphatic heterocycles. The lowest BCUT2D eigenvalue weighted by atomic mass is 9.99. The van der Waals surface area contributed by atoms with Crippen LogP contribution in [-0.4, -0.2) is 26.2 Å². The van der Waals surface area contributed by atoms with Gasteiger partial charge < -0.3 is 5.32 Å². The fraction of sp³-hybridized carbons (Fsp3) is 0.448. The molecule has 1 N–H and O–H groups in total. The zero-order valence-electron chi connectivity index (χ0n) is 22.5. The Kier molecular flexibility index (Phi) is 10.7. The Morgan fingerprint density at radius 2 is 1.89 bits per heavy atom. The van der Waals surface area contributed by atoms with Crippen LogP contribution in [0.2, 0.25) is 0 Å². The highest BCUT2D eigenvalue weighted by atomic mass is 32.2. The topological polar surface area (TPSA) is 78.1 Å². The summed E-state index contributed by atoms with van der Waals surface area (Å²) in [6, 6.07) is 8.18. The second kappa shape index (κ2) is 13.7. The number of halogens is 1. The van der Waals surface area contributed by atoms with Crippen LogP contribution in [0.1, 0.15) is 75.1 Å². The van der Waals surface area contributed by atoms with Crippen LogP contribution in [0.4, 0.5) is 10.2 Å². The van der Waals surface area contributed by atoms with Gasteiger partial charge in [-0.2, -0.15) is 5.26 Å². The number of amides is 1. The lowest BCUT2D eigenvalue weighted by Crippen LogP contribution is -2.33. The van der Waals surface area contributed by atoms with Crippen LogP contribution in [0.3, 0.4) is 0 Å². The van der Waals surface area contributed by atoms with Crippen molar-refractivity contribution in [2.75, 3.05) is 11.9 Å². The molecule has 0 aliphatic carbocycles. The lowest BCUT2D eigenvalue weighted by Gasteiger charge is -2.22. The Bertz CT molecular complexity index is 1310. The second-order valence-corrected chi connectivity index (χ2v) is 11.2. The molecule has 2 aromatic rings. The van der Waals surface area contributed by atoms with E-state index in [1.807, 2.05) is 6.92 Å². The number of benzene rings is 1.